The van der Waals surface area contributed by atoms with Gasteiger partial charge < -0.3 is 9.54 Å². The van der Waals surface area contributed by atoms with Crippen molar-refractivity contribution in [2.45, 2.75) is 4.90 Å². The van der Waals surface area contributed by atoms with Crippen molar-refractivity contribution in [2.75, 3.05) is 0 Å². The van der Waals surface area contributed by atoms with Gasteiger partial charge in [-0.05, 0) is 18.2 Å². The molecule has 1 N–H and O–H groups in total. The van der Waals surface area contributed by atoms with Crippen LogP contribution < -0.4 is 29.6 Å². The third-order valence-corrected chi connectivity index (χ3v) is 3.00. The summed E-state index contributed by atoms with van der Waals surface area (Å²) in [4.78, 5) is 6.19. The van der Waals surface area contributed by atoms with Gasteiger partial charge in [-0.3, -0.25) is 0 Å². The minimum atomic E-state index is -4.43. The van der Waals surface area contributed by atoms with Crippen LogP contribution in [0.4, 0.5) is 0 Å². The van der Waals surface area contributed by atoms with E-state index in [1.807, 2.05) is 0 Å². The Bertz CT molecular complexity index is 627. The Balaban J connectivity index is 0.00000144. The number of nitrogens with one attached hydrogen (secondary N) is 1. The Kier molecular flexibility index (Phi) is 4.77. The van der Waals surface area contributed by atoms with E-state index in [2.05, 4.69) is 9.97 Å². The Morgan fingerprint density at radius 3 is 2.59 bits per heavy atom. The Hall–Kier alpha value is -0.370. The molecule has 0 bridgehead atoms. The first-order valence-electron chi connectivity index (χ1n) is 4.23. The van der Waals surface area contributed by atoms with Crippen LogP contribution in [-0.2, 0) is 10.1 Å². The van der Waals surface area contributed by atoms with Crippen molar-refractivity contribution in [1.29, 1.82) is 0 Å². The molecule has 0 saturated heterocycles. The smallest absolute Gasteiger partial charge is 0.744 e. The molecule has 0 aromatic carbocycles. The van der Waals surface area contributed by atoms with E-state index < -0.39 is 10.1 Å². The summed E-state index contributed by atoms with van der Waals surface area (Å²) in [6, 6.07) is 4.47. The first-order valence-corrected chi connectivity index (χ1v) is 6.02. The second-order valence-corrected chi connectivity index (χ2v) is 4.84. The van der Waals surface area contributed by atoms with Crippen LogP contribution in [0.1, 0.15) is 0 Å². The zero-order chi connectivity index (χ0) is 11.8. The van der Waals surface area contributed by atoms with Crippen LogP contribution in [0.2, 0.25) is 5.15 Å². The molecule has 2 aromatic heterocycles. The number of H-pyrrole nitrogens is 1. The Labute approximate surface area is 125 Å². The molecule has 8 heteroatoms. The van der Waals surface area contributed by atoms with Crippen molar-refractivity contribution in [2.24, 2.45) is 0 Å². The number of aromatic nitrogens is 2. The standard InChI is InChI=1S/C9H7ClN2O3S.Na/c10-9-3-6(1-2-11-9)8-4-7(5-12-8)16(13,14)15;/h1-5,12H,(H,13,14,15);/q;+1/p-1. The van der Waals surface area contributed by atoms with Gasteiger partial charge in [0, 0.05) is 23.7 Å². The maximum absolute atomic E-state index is 10.7. The second kappa shape index (κ2) is 5.51. The maximum atomic E-state index is 10.7. The fourth-order valence-electron chi connectivity index (χ4n) is 1.26. The molecular weight excluding hydrogens is 275 g/mol. The molecule has 17 heavy (non-hydrogen) atoms. The predicted octanol–water partition coefficient (Wildman–Crippen LogP) is -1.36. The number of hydrogen-bond donors (Lipinski definition) is 1. The third kappa shape index (κ3) is 3.54. The summed E-state index contributed by atoms with van der Waals surface area (Å²) in [5.41, 5.74) is 1.16. The van der Waals surface area contributed by atoms with Gasteiger partial charge in [0.2, 0.25) is 0 Å². The van der Waals surface area contributed by atoms with Gasteiger partial charge in [0.25, 0.3) is 0 Å². The fraction of sp³-hybridized carbons (Fsp3) is 0. The van der Waals surface area contributed by atoms with E-state index in [0.29, 0.717) is 16.4 Å². The van der Waals surface area contributed by atoms with Crippen LogP contribution >= 0.6 is 11.6 Å². The van der Waals surface area contributed by atoms with Crippen LogP contribution in [-0.4, -0.2) is 22.9 Å². The van der Waals surface area contributed by atoms with E-state index in [0.717, 1.165) is 6.20 Å². The minimum absolute atomic E-state index is 0. The number of aromatic amines is 1. The van der Waals surface area contributed by atoms with Crippen molar-refractivity contribution in [3.8, 4) is 11.3 Å². The van der Waals surface area contributed by atoms with Crippen LogP contribution in [0.15, 0.2) is 35.5 Å². The van der Waals surface area contributed by atoms with Crippen LogP contribution in [0, 0.1) is 0 Å². The summed E-state index contributed by atoms with van der Waals surface area (Å²) in [7, 11) is -4.43. The molecule has 0 spiro atoms. The number of pyridine rings is 1. The SMILES string of the molecule is O=S(=O)([O-])c1c[nH]c(-c2ccnc(Cl)c2)c1.[Na+]. The Morgan fingerprint density at radius 2 is 2.06 bits per heavy atom. The van der Waals surface area contributed by atoms with E-state index in [1.54, 1.807) is 12.1 Å². The zero-order valence-corrected chi connectivity index (χ0v) is 12.4. The normalized spacial score (nSPS) is 10.9. The van der Waals surface area contributed by atoms with E-state index in [4.69, 9.17) is 11.6 Å². The number of nitrogens with zero attached hydrogens (tertiary/aromatic N) is 1. The summed E-state index contributed by atoms with van der Waals surface area (Å²) >= 11 is 5.69. The van der Waals surface area contributed by atoms with Crippen molar-refractivity contribution < 1.29 is 42.5 Å². The van der Waals surface area contributed by atoms with Gasteiger partial charge >= 0.3 is 29.6 Å². The topological polar surface area (TPSA) is 85.9 Å². The first-order chi connectivity index (χ1) is 7.47. The first kappa shape index (κ1) is 14.7. The van der Waals surface area contributed by atoms with Gasteiger partial charge in [0.15, 0.2) is 0 Å². The molecule has 0 aliphatic rings. The van der Waals surface area contributed by atoms with Crippen LogP contribution in [0.25, 0.3) is 11.3 Å². The summed E-state index contributed by atoms with van der Waals surface area (Å²) in [6.45, 7) is 0. The van der Waals surface area contributed by atoms with E-state index in [1.165, 1.54) is 12.3 Å². The van der Waals surface area contributed by atoms with E-state index in [-0.39, 0.29) is 34.5 Å². The molecule has 2 rings (SSSR count). The predicted molar refractivity (Wildman–Crippen MR) is 57.0 cm³/mol. The van der Waals surface area contributed by atoms with E-state index >= 15 is 0 Å². The quantitative estimate of drug-likeness (QED) is 0.418. The van der Waals surface area contributed by atoms with Gasteiger partial charge in [-0.15, -0.1) is 0 Å². The van der Waals surface area contributed by atoms with Gasteiger partial charge in [0.1, 0.15) is 15.3 Å². The molecule has 0 unspecified atom stereocenters. The van der Waals surface area contributed by atoms with Crippen molar-refractivity contribution in [3.63, 3.8) is 0 Å². The summed E-state index contributed by atoms with van der Waals surface area (Å²) < 4.78 is 32.2. The molecular formula is C9H6ClN2NaO3S. The zero-order valence-electron chi connectivity index (χ0n) is 8.84. The molecule has 2 aromatic rings. The number of halogens is 1. The average molecular weight is 281 g/mol. The van der Waals surface area contributed by atoms with Crippen molar-refractivity contribution in [1.82, 2.24) is 9.97 Å². The van der Waals surface area contributed by atoms with Crippen LogP contribution in [0.3, 0.4) is 0 Å². The largest absolute Gasteiger partial charge is 1.00 e. The molecule has 0 amide bonds. The third-order valence-electron chi connectivity index (χ3n) is 1.98. The molecule has 0 aliphatic heterocycles. The summed E-state index contributed by atoms with van der Waals surface area (Å²) in [5, 5.41) is 0.290. The van der Waals surface area contributed by atoms with Crippen molar-refractivity contribution in [3.05, 3.63) is 35.7 Å². The molecule has 0 atom stereocenters. The average Bonchev–Trinajstić information content (AvgIpc) is 2.65. The monoisotopic (exact) mass is 280 g/mol. The fourth-order valence-corrected chi connectivity index (χ4v) is 1.89. The van der Waals surface area contributed by atoms with Gasteiger partial charge in [-0.2, -0.15) is 0 Å². The molecule has 0 aliphatic carbocycles. The van der Waals surface area contributed by atoms with Gasteiger partial charge in [0.05, 0.1) is 4.90 Å². The second-order valence-electron chi connectivity index (χ2n) is 3.07. The van der Waals surface area contributed by atoms with Gasteiger partial charge in [-0.1, -0.05) is 11.6 Å². The Morgan fingerprint density at radius 1 is 1.35 bits per heavy atom. The molecule has 5 nitrogen and oxygen atoms in total. The number of hydrogen-bond acceptors (Lipinski definition) is 4. The summed E-state index contributed by atoms with van der Waals surface area (Å²) in [6.07, 6.45) is 2.63. The molecule has 84 valence electrons. The minimum Gasteiger partial charge on any atom is -0.744 e. The van der Waals surface area contributed by atoms with Gasteiger partial charge in [-0.25, -0.2) is 13.4 Å². The van der Waals surface area contributed by atoms with Crippen molar-refractivity contribution >= 4 is 21.7 Å². The van der Waals surface area contributed by atoms with E-state index in [9.17, 15) is 13.0 Å². The molecule has 0 saturated carbocycles. The van der Waals surface area contributed by atoms with Crippen LogP contribution in [0.5, 0.6) is 0 Å². The summed E-state index contributed by atoms with van der Waals surface area (Å²) in [5.74, 6) is 0. The molecule has 0 fully saturated rings. The number of rotatable bonds is 2. The molecule has 2 heterocycles. The maximum Gasteiger partial charge on any atom is 1.00 e. The molecule has 0 radical (unpaired) electrons.